The number of hydrogen-bond donors (Lipinski definition) is 2. The third kappa shape index (κ3) is 4.65. The molecule has 31 heavy (non-hydrogen) atoms. The molecule has 0 aliphatic carbocycles. The molecule has 0 saturated heterocycles. The zero-order valence-electron chi connectivity index (χ0n) is 17.0. The highest BCUT2D eigenvalue weighted by Gasteiger charge is 2.23. The molecule has 1 heterocycles. The summed E-state index contributed by atoms with van der Waals surface area (Å²) in [7, 11) is 1.32. The molecule has 1 atom stereocenters. The molecule has 6 heteroatoms. The van der Waals surface area contributed by atoms with Crippen LogP contribution in [0.4, 0.5) is 5.69 Å². The van der Waals surface area contributed by atoms with Crippen LogP contribution in [0, 0.1) is 0 Å². The van der Waals surface area contributed by atoms with Crippen molar-refractivity contribution in [1.82, 2.24) is 0 Å². The number of amides is 1. The number of esters is 1. The lowest BCUT2D eigenvalue weighted by Gasteiger charge is -2.10. The molecule has 6 nitrogen and oxygen atoms in total. The molecule has 1 aliphatic rings. The minimum atomic E-state index is -0.688. The van der Waals surface area contributed by atoms with E-state index in [0.29, 0.717) is 23.5 Å². The van der Waals surface area contributed by atoms with E-state index in [9.17, 15) is 9.59 Å². The highest BCUT2D eigenvalue weighted by Crippen LogP contribution is 2.33. The van der Waals surface area contributed by atoms with Gasteiger partial charge in [0.15, 0.2) is 0 Å². The summed E-state index contributed by atoms with van der Waals surface area (Å²) in [6.45, 7) is 0. The normalized spacial score (nSPS) is 14.6. The Bertz CT molecular complexity index is 1130. The van der Waals surface area contributed by atoms with Crippen LogP contribution in [0.1, 0.15) is 16.7 Å². The van der Waals surface area contributed by atoms with Crippen molar-refractivity contribution in [2.24, 2.45) is 5.73 Å². The van der Waals surface area contributed by atoms with E-state index in [0.717, 1.165) is 22.4 Å². The van der Waals surface area contributed by atoms with Crippen molar-refractivity contribution in [2.75, 3.05) is 12.4 Å². The average Bonchev–Trinajstić information content (AvgIpc) is 3.10. The van der Waals surface area contributed by atoms with Gasteiger partial charge in [-0.25, -0.2) is 0 Å². The second kappa shape index (κ2) is 8.85. The van der Waals surface area contributed by atoms with Crippen molar-refractivity contribution in [3.8, 4) is 11.5 Å². The predicted octanol–water partition coefficient (Wildman–Crippen LogP) is 4.01. The number of benzene rings is 3. The first-order chi connectivity index (χ1) is 15.0. The topological polar surface area (TPSA) is 90.7 Å². The standard InChI is InChI=1S/C25H22N2O4/c1-30-25(29)22(26)15-17-8-12-19(13-9-17)31-18-10-6-16(7-11-18)14-21-20-4-2-3-5-23(20)27-24(21)28/h2-14,22H,15,26H2,1H3,(H,27,28)/b21-14+. The first kappa shape index (κ1) is 20.4. The summed E-state index contributed by atoms with van der Waals surface area (Å²) in [5.41, 5.74) is 9.99. The Morgan fingerprint density at radius 2 is 1.65 bits per heavy atom. The number of ether oxygens (including phenoxy) is 2. The Kier molecular flexibility index (Phi) is 5.82. The van der Waals surface area contributed by atoms with Gasteiger partial charge in [-0.1, -0.05) is 42.5 Å². The molecule has 0 radical (unpaired) electrons. The van der Waals surface area contributed by atoms with E-state index in [4.69, 9.17) is 10.5 Å². The number of carbonyl (C=O) groups is 2. The van der Waals surface area contributed by atoms with E-state index in [2.05, 4.69) is 10.1 Å². The van der Waals surface area contributed by atoms with Crippen molar-refractivity contribution < 1.29 is 19.1 Å². The number of anilines is 1. The van der Waals surface area contributed by atoms with Gasteiger partial charge in [-0.2, -0.15) is 0 Å². The number of hydrogen-bond acceptors (Lipinski definition) is 5. The van der Waals surface area contributed by atoms with Crippen LogP contribution in [-0.2, 0) is 20.7 Å². The first-order valence-electron chi connectivity index (χ1n) is 9.86. The molecule has 0 aromatic heterocycles. The quantitative estimate of drug-likeness (QED) is 0.470. The molecule has 4 rings (SSSR count). The number of fused-ring (bicyclic) bond motifs is 1. The van der Waals surface area contributed by atoms with Crippen LogP contribution in [0.3, 0.4) is 0 Å². The number of rotatable bonds is 6. The highest BCUT2D eigenvalue weighted by molar-refractivity contribution is 6.34. The first-order valence-corrected chi connectivity index (χ1v) is 9.86. The SMILES string of the molecule is COC(=O)C(N)Cc1ccc(Oc2ccc(/C=C3/C(=O)Nc4ccccc43)cc2)cc1. The lowest BCUT2D eigenvalue weighted by atomic mass is 10.0. The summed E-state index contributed by atoms with van der Waals surface area (Å²) >= 11 is 0. The van der Waals surface area contributed by atoms with Crippen LogP contribution in [0.25, 0.3) is 11.6 Å². The van der Waals surface area contributed by atoms with Gasteiger partial charge >= 0.3 is 5.97 Å². The molecule has 156 valence electrons. The Hall–Kier alpha value is -3.90. The molecule has 3 N–H and O–H groups in total. The predicted molar refractivity (Wildman–Crippen MR) is 120 cm³/mol. The van der Waals surface area contributed by atoms with Gasteiger partial charge in [-0.15, -0.1) is 0 Å². The van der Waals surface area contributed by atoms with Crippen LogP contribution in [-0.4, -0.2) is 25.0 Å². The Morgan fingerprint density at radius 3 is 2.32 bits per heavy atom. The number of para-hydroxylation sites is 1. The second-order valence-electron chi connectivity index (χ2n) is 7.21. The van der Waals surface area contributed by atoms with E-state index in [1.54, 1.807) is 0 Å². The van der Waals surface area contributed by atoms with E-state index in [1.165, 1.54) is 7.11 Å². The maximum atomic E-state index is 12.3. The summed E-state index contributed by atoms with van der Waals surface area (Å²) in [5, 5.41) is 2.87. The van der Waals surface area contributed by atoms with Crippen LogP contribution in [0.5, 0.6) is 11.5 Å². The third-order valence-electron chi connectivity index (χ3n) is 5.02. The molecule has 1 unspecified atom stereocenters. The van der Waals surface area contributed by atoms with Crippen molar-refractivity contribution >= 4 is 29.2 Å². The summed E-state index contributed by atoms with van der Waals surface area (Å²) in [5.74, 6) is 0.811. The van der Waals surface area contributed by atoms with Crippen molar-refractivity contribution in [1.29, 1.82) is 0 Å². The summed E-state index contributed by atoms with van der Waals surface area (Å²) in [4.78, 5) is 23.7. The molecule has 0 saturated carbocycles. The summed E-state index contributed by atoms with van der Waals surface area (Å²) < 4.78 is 10.5. The molecule has 1 aliphatic heterocycles. The molecular formula is C25H22N2O4. The molecular weight excluding hydrogens is 392 g/mol. The van der Waals surface area contributed by atoms with Gasteiger partial charge in [0.1, 0.15) is 17.5 Å². The second-order valence-corrected chi connectivity index (χ2v) is 7.21. The minimum Gasteiger partial charge on any atom is -0.468 e. The zero-order valence-corrected chi connectivity index (χ0v) is 17.0. The van der Waals surface area contributed by atoms with E-state index in [1.807, 2.05) is 78.9 Å². The summed E-state index contributed by atoms with van der Waals surface area (Å²) in [6.07, 6.45) is 2.26. The van der Waals surface area contributed by atoms with Crippen LogP contribution in [0.15, 0.2) is 72.8 Å². The van der Waals surface area contributed by atoms with Gasteiger partial charge in [0.25, 0.3) is 5.91 Å². The largest absolute Gasteiger partial charge is 0.468 e. The number of carbonyl (C=O) groups excluding carboxylic acids is 2. The van der Waals surface area contributed by atoms with Gasteiger partial charge < -0.3 is 20.5 Å². The number of methoxy groups -OCH3 is 1. The number of nitrogens with two attached hydrogens (primary N) is 1. The summed E-state index contributed by atoms with van der Waals surface area (Å²) in [6, 6.07) is 21.8. The van der Waals surface area contributed by atoms with E-state index >= 15 is 0 Å². The van der Waals surface area contributed by atoms with E-state index in [-0.39, 0.29) is 5.91 Å². The lowest BCUT2D eigenvalue weighted by Crippen LogP contribution is -2.33. The zero-order chi connectivity index (χ0) is 21.8. The molecule has 0 spiro atoms. The number of nitrogens with one attached hydrogen (secondary N) is 1. The Balaban J connectivity index is 1.42. The van der Waals surface area contributed by atoms with Crippen LogP contribution >= 0.6 is 0 Å². The Morgan fingerprint density at radius 1 is 1.00 bits per heavy atom. The van der Waals surface area contributed by atoms with Crippen molar-refractivity contribution in [2.45, 2.75) is 12.5 Å². The smallest absolute Gasteiger partial charge is 0.322 e. The highest BCUT2D eigenvalue weighted by atomic mass is 16.5. The molecule has 0 fully saturated rings. The molecule has 1 amide bonds. The van der Waals surface area contributed by atoms with Gasteiger partial charge in [-0.3, -0.25) is 9.59 Å². The monoisotopic (exact) mass is 414 g/mol. The molecule has 0 bridgehead atoms. The minimum absolute atomic E-state index is 0.103. The van der Waals surface area contributed by atoms with Gasteiger partial charge in [0, 0.05) is 16.8 Å². The lowest BCUT2D eigenvalue weighted by molar-refractivity contribution is -0.142. The molecule has 3 aromatic rings. The fourth-order valence-electron chi connectivity index (χ4n) is 3.40. The average molecular weight is 414 g/mol. The van der Waals surface area contributed by atoms with Gasteiger partial charge in [0.2, 0.25) is 0 Å². The van der Waals surface area contributed by atoms with Crippen molar-refractivity contribution in [3.63, 3.8) is 0 Å². The maximum absolute atomic E-state index is 12.3. The van der Waals surface area contributed by atoms with Gasteiger partial charge in [-0.05, 0) is 54.0 Å². The molecule has 3 aromatic carbocycles. The van der Waals surface area contributed by atoms with Gasteiger partial charge in [0.05, 0.1) is 7.11 Å². The van der Waals surface area contributed by atoms with E-state index < -0.39 is 12.0 Å². The van der Waals surface area contributed by atoms with Crippen molar-refractivity contribution in [3.05, 3.63) is 89.5 Å². The fraction of sp³-hybridized carbons (Fsp3) is 0.120. The fourth-order valence-corrected chi connectivity index (χ4v) is 3.40. The van der Waals surface area contributed by atoms with Crippen LogP contribution < -0.4 is 15.8 Å². The Labute approximate surface area is 180 Å². The maximum Gasteiger partial charge on any atom is 0.322 e. The third-order valence-corrected chi connectivity index (χ3v) is 5.02. The van der Waals surface area contributed by atoms with Crippen LogP contribution in [0.2, 0.25) is 0 Å².